The Bertz CT molecular complexity index is 2560. The van der Waals surface area contributed by atoms with Crippen molar-refractivity contribution in [3.05, 3.63) is 200 Å². The van der Waals surface area contributed by atoms with Gasteiger partial charge in [0, 0.05) is 33.5 Å². The molecule has 9 rings (SSSR count). The highest BCUT2D eigenvalue weighted by Gasteiger charge is 2.18. The molecule has 9 aromatic rings. The van der Waals surface area contributed by atoms with Crippen LogP contribution in [-0.2, 0) is 0 Å². The van der Waals surface area contributed by atoms with Crippen LogP contribution in [0.4, 0.5) is 17.1 Å². The van der Waals surface area contributed by atoms with Crippen molar-refractivity contribution in [3.8, 4) is 44.8 Å². The summed E-state index contributed by atoms with van der Waals surface area (Å²) in [5.74, 6) is 0. The molecule has 1 aromatic heterocycles. The van der Waals surface area contributed by atoms with E-state index >= 15 is 0 Å². The van der Waals surface area contributed by atoms with E-state index < -0.39 is 0 Å². The van der Waals surface area contributed by atoms with Gasteiger partial charge in [-0.1, -0.05) is 158 Å². The van der Waals surface area contributed by atoms with Crippen LogP contribution in [0.25, 0.3) is 66.6 Å². The number of fused-ring (bicyclic) bond motifs is 3. The number of rotatable bonds is 7. The minimum absolute atomic E-state index is 0.886. The normalized spacial score (nSPS) is 11.1. The lowest BCUT2D eigenvalue weighted by molar-refractivity contribution is 1.28. The molecule has 0 fully saturated rings. The Balaban J connectivity index is 1.10. The first-order valence-corrected chi connectivity index (χ1v) is 17.3. The van der Waals surface area contributed by atoms with Crippen LogP contribution in [0.1, 0.15) is 0 Å². The van der Waals surface area contributed by atoms with Gasteiger partial charge >= 0.3 is 0 Å². The van der Waals surface area contributed by atoms with Gasteiger partial charge < -0.3 is 4.90 Å². The highest BCUT2D eigenvalue weighted by atomic mass is 15.1. The zero-order valence-electron chi connectivity index (χ0n) is 27.9. The van der Waals surface area contributed by atoms with Crippen molar-refractivity contribution in [2.24, 2.45) is 0 Å². The lowest BCUT2D eigenvalue weighted by Gasteiger charge is -2.27. The third kappa shape index (κ3) is 5.81. The van der Waals surface area contributed by atoms with Crippen molar-refractivity contribution >= 4 is 38.9 Å². The molecule has 0 saturated heterocycles. The second-order valence-corrected chi connectivity index (χ2v) is 12.6. The van der Waals surface area contributed by atoms with Crippen molar-refractivity contribution in [2.45, 2.75) is 0 Å². The molecule has 0 unspecified atom stereocenters. The number of benzene rings is 8. The fourth-order valence-corrected chi connectivity index (χ4v) is 6.96. The van der Waals surface area contributed by atoms with Crippen molar-refractivity contribution < 1.29 is 0 Å². The van der Waals surface area contributed by atoms with Gasteiger partial charge in [-0.05, 0) is 64.5 Å². The fourth-order valence-electron chi connectivity index (χ4n) is 6.96. The number of hydrogen-bond donors (Lipinski definition) is 0. The smallest absolute Gasteiger partial charge is 0.0973 e. The molecule has 0 bridgehead atoms. The highest BCUT2D eigenvalue weighted by molar-refractivity contribution is 6.06. The standard InChI is InChI=1S/C48H33N3/c1-5-15-36(16-6-1)46-47(37-17-7-2-8-18-37)50-48-43-31-29-38(33-39(43)30-32-44(48)49-46)34-25-27-35(28-26-34)42-23-13-14-24-45(42)51(40-19-9-3-10-20-40)41-21-11-4-12-22-41/h1-33H. The minimum atomic E-state index is 0.886. The van der Waals surface area contributed by atoms with Gasteiger partial charge in [0.15, 0.2) is 0 Å². The van der Waals surface area contributed by atoms with E-state index in [9.17, 15) is 0 Å². The van der Waals surface area contributed by atoms with E-state index in [1.54, 1.807) is 0 Å². The monoisotopic (exact) mass is 651 g/mol. The van der Waals surface area contributed by atoms with Crippen LogP contribution in [0.2, 0.25) is 0 Å². The summed E-state index contributed by atoms with van der Waals surface area (Å²) >= 11 is 0. The molecule has 0 amide bonds. The summed E-state index contributed by atoms with van der Waals surface area (Å²) in [6.07, 6.45) is 0. The highest BCUT2D eigenvalue weighted by Crippen LogP contribution is 2.41. The SMILES string of the molecule is c1ccc(-c2nc3ccc4cc(-c5ccc(-c6ccccc6N(c6ccccc6)c6ccccc6)cc5)ccc4c3nc2-c2ccccc2)cc1. The van der Waals surface area contributed by atoms with E-state index in [2.05, 4.69) is 181 Å². The molecule has 1 heterocycles. The maximum absolute atomic E-state index is 5.30. The maximum atomic E-state index is 5.30. The first-order chi connectivity index (χ1) is 25.3. The zero-order chi connectivity index (χ0) is 34.0. The minimum Gasteiger partial charge on any atom is -0.310 e. The number of anilines is 3. The first-order valence-electron chi connectivity index (χ1n) is 17.3. The Labute approximate surface area is 297 Å². The van der Waals surface area contributed by atoms with E-state index in [0.717, 1.165) is 78.1 Å². The molecule has 51 heavy (non-hydrogen) atoms. The molecule has 0 aliphatic carbocycles. The molecule has 3 nitrogen and oxygen atoms in total. The van der Waals surface area contributed by atoms with Gasteiger partial charge in [0.25, 0.3) is 0 Å². The van der Waals surface area contributed by atoms with Gasteiger partial charge in [0.1, 0.15) is 0 Å². The lowest BCUT2D eigenvalue weighted by Crippen LogP contribution is -2.10. The van der Waals surface area contributed by atoms with E-state index in [1.165, 1.54) is 5.56 Å². The van der Waals surface area contributed by atoms with E-state index in [-0.39, 0.29) is 0 Å². The maximum Gasteiger partial charge on any atom is 0.0973 e. The van der Waals surface area contributed by atoms with Crippen LogP contribution in [0.3, 0.4) is 0 Å². The third-order valence-corrected chi connectivity index (χ3v) is 9.45. The van der Waals surface area contributed by atoms with Crippen LogP contribution in [0.5, 0.6) is 0 Å². The zero-order valence-corrected chi connectivity index (χ0v) is 27.9. The Morgan fingerprint density at radius 3 is 1.49 bits per heavy atom. The third-order valence-electron chi connectivity index (χ3n) is 9.45. The molecule has 8 aromatic carbocycles. The van der Waals surface area contributed by atoms with Crippen LogP contribution >= 0.6 is 0 Å². The Hall–Kier alpha value is -6.84. The second kappa shape index (κ2) is 13.2. The molecule has 240 valence electrons. The van der Waals surface area contributed by atoms with Gasteiger partial charge in [-0.15, -0.1) is 0 Å². The van der Waals surface area contributed by atoms with Crippen molar-refractivity contribution in [1.82, 2.24) is 9.97 Å². The molecular formula is C48H33N3. The molecule has 0 N–H and O–H groups in total. The largest absolute Gasteiger partial charge is 0.310 e. The summed E-state index contributed by atoms with van der Waals surface area (Å²) in [7, 11) is 0. The topological polar surface area (TPSA) is 29.0 Å². The quantitative estimate of drug-likeness (QED) is 0.161. The van der Waals surface area contributed by atoms with E-state index in [0.29, 0.717) is 0 Å². The second-order valence-electron chi connectivity index (χ2n) is 12.6. The number of nitrogens with zero attached hydrogens (tertiary/aromatic N) is 3. The predicted molar refractivity (Wildman–Crippen MR) is 213 cm³/mol. The van der Waals surface area contributed by atoms with Crippen molar-refractivity contribution in [2.75, 3.05) is 4.90 Å². The predicted octanol–water partition coefficient (Wildman–Crippen LogP) is 12.9. The van der Waals surface area contributed by atoms with Gasteiger partial charge in [-0.25, -0.2) is 9.97 Å². The lowest BCUT2D eigenvalue weighted by atomic mass is 9.96. The average Bonchev–Trinajstić information content (AvgIpc) is 3.22. The molecule has 0 aliphatic rings. The Kier molecular flexibility index (Phi) is 7.84. The summed E-state index contributed by atoms with van der Waals surface area (Å²) in [4.78, 5) is 12.8. The summed E-state index contributed by atoms with van der Waals surface area (Å²) in [5, 5.41) is 2.23. The number of hydrogen-bond acceptors (Lipinski definition) is 3. The summed E-state index contributed by atoms with van der Waals surface area (Å²) in [5.41, 5.74) is 13.7. The molecule has 0 radical (unpaired) electrons. The van der Waals surface area contributed by atoms with E-state index in [1.807, 2.05) is 24.3 Å². The Morgan fingerprint density at radius 1 is 0.353 bits per heavy atom. The molecule has 0 aliphatic heterocycles. The molecule has 0 spiro atoms. The van der Waals surface area contributed by atoms with Gasteiger partial charge in [0.05, 0.1) is 28.1 Å². The molecule has 0 atom stereocenters. The summed E-state index contributed by atoms with van der Waals surface area (Å²) in [6.45, 7) is 0. The molecular weight excluding hydrogens is 619 g/mol. The van der Waals surface area contributed by atoms with Crippen molar-refractivity contribution in [3.63, 3.8) is 0 Å². The Morgan fingerprint density at radius 2 is 0.863 bits per heavy atom. The summed E-state index contributed by atoms with van der Waals surface area (Å²) in [6, 6.07) is 70.3. The fraction of sp³-hybridized carbons (Fsp3) is 0. The first kappa shape index (κ1) is 30.2. The van der Waals surface area contributed by atoms with Gasteiger partial charge in [-0.3, -0.25) is 0 Å². The van der Waals surface area contributed by atoms with Crippen LogP contribution in [0.15, 0.2) is 200 Å². The van der Waals surface area contributed by atoms with Crippen LogP contribution in [-0.4, -0.2) is 9.97 Å². The van der Waals surface area contributed by atoms with Crippen molar-refractivity contribution in [1.29, 1.82) is 0 Å². The number of para-hydroxylation sites is 3. The summed E-state index contributed by atoms with van der Waals surface area (Å²) < 4.78 is 0. The van der Waals surface area contributed by atoms with Gasteiger partial charge in [-0.2, -0.15) is 0 Å². The van der Waals surface area contributed by atoms with E-state index in [4.69, 9.17) is 9.97 Å². The number of aromatic nitrogens is 2. The van der Waals surface area contributed by atoms with Crippen LogP contribution in [0, 0.1) is 0 Å². The van der Waals surface area contributed by atoms with Crippen LogP contribution < -0.4 is 4.90 Å². The molecule has 3 heteroatoms. The van der Waals surface area contributed by atoms with Gasteiger partial charge in [0.2, 0.25) is 0 Å². The average molecular weight is 652 g/mol. The molecule has 0 saturated carbocycles.